The lowest BCUT2D eigenvalue weighted by Crippen LogP contribution is -2.60. The Bertz CT molecular complexity index is 2210. The lowest BCUT2D eigenvalue weighted by Gasteiger charge is -2.44. The molecule has 2 atom stereocenters. The number of benzene rings is 2. The normalized spacial score (nSPS) is 18.7. The minimum Gasteiger partial charge on any atom is -0.507 e. The van der Waals surface area contributed by atoms with Crippen molar-refractivity contribution < 1.29 is 35.9 Å². The van der Waals surface area contributed by atoms with E-state index in [1.54, 1.807) is 27.7 Å². The summed E-state index contributed by atoms with van der Waals surface area (Å²) in [6.07, 6.45) is 2.53. The van der Waals surface area contributed by atoms with Crippen LogP contribution in [0.2, 0.25) is 0 Å². The second-order valence-corrected chi connectivity index (χ2v) is 14.0. The highest BCUT2D eigenvalue weighted by molar-refractivity contribution is 7.91. The van der Waals surface area contributed by atoms with Gasteiger partial charge in [-0.25, -0.2) is 30.8 Å². The highest BCUT2D eigenvalue weighted by Gasteiger charge is 2.45. The number of anilines is 1. The van der Waals surface area contributed by atoms with Gasteiger partial charge in [0.25, 0.3) is 0 Å². The number of halogens is 4. The van der Waals surface area contributed by atoms with Gasteiger partial charge in [0.2, 0.25) is 5.91 Å². The van der Waals surface area contributed by atoms with Crippen LogP contribution >= 0.6 is 0 Å². The van der Waals surface area contributed by atoms with Crippen molar-refractivity contribution in [2.75, 3.05) is 23.7 Å². The van der Waals surface area contributed by atoms with Crippen molar-refractivity contribution in [2.24, 2.45) is 0 Å². The van der Waals surface area contributed by atoms with Crippen LogP contribution in [0.3, 0.4) is 0 Å². The predicted octanol–water partition coefficient (Wildman–Crippen LogP) is 4.52. The van der Waals surface area contributed by atoms with E-state index < -0.39 is 95.2 Å². The van der Waals surface area contributed by atoms with Gasteiger partial charge in [0, 0.05) is 25.3 Å². The van der Waals surface area contributed by atoms with Crippen LogP contribution in [0.5, 0.6) is 5.75 Å². The van der Waals surface area contributed by atoms with Gasteiger partial charge in [0.15, 0.2) is 33.1 Å². The Hall–Kier alpha value is -4.79. The summed E-state index contributed by atoms with van der Waals surface area (Å²) < 4.78 is 93.0. The van der Waals surface area contributed by atoms with E-state index in [1.165, 1.54) is 22.1 Å². The molecule has 4 heterocycles. The smallest absolute Gasteiger partial charge is 0.354 e. The molecule has 1 saturated heterocycles. The number of carbonyl (C=O) groups excluding carboxylic acids is 1. The van der Waals surface area contributed by atoms with E-state index in [-0.39, 0.29) is 36.2 Å². The number of piperazine rings is 1. The molecule has 4 aromatic rings. The predicted molar refractivity (Wildman–Crippen MR) is 165 cm³/mol. The lowest BCUT2D eigenvalue weighted by molar-refractivity contribution is -0.128. The first-order chi connectivity index (χ1) is 22.1. The second-order valence-electron chi connectivity index (χ2n) is 12.0. The van der Waals surface area contributed by atoms with E-state index in [2.05, 4.69) is 16.5 Å². The molecule has 2 unspecified atom stereocenters. The summed E-state index contributed by atoms with van der Waals surface area (Å²) in [6, 6.07) is 1.09. The first kappa shape index (κ1) is 32.2. The number of phenols is 1. The molecule has 15 heteroatoms. The zero-order valence-corrected chi connectivity index (χ0v) is 26.5. The number of aryl methyl sites for hydroxylation is 1. The van der Waals surface area contributed by atoms with E-state index in [4.69, 9.17) is 0 Å². The number of nitrogens with zero attached hydrogens (tertiary/aromatic N) is 5. The fourth-order valence-electron chi connectivity index (χ4n) is 6.56. The maximum absolute atomic E-state index is 17.2. The number of aromatic hydroxyl groups is 1. The number of hydrogen-bond donors (Lipinski definition) is 1. The summed E-state index contributed by atoms with van der Waals surface area (Å²) in [5.74, 6) is -9.95. The highest BCUT2D eigenvalue weighted by atomic mass is 32.2. The minimum absolute atomic E-state index is 0.0332. The van der Waals surface area contributed by atoms with Gasteiger partial charge in [-0.1, -0.05) is 20.4 Å². The summed E-state index contributed by atoms with van der Waals surface area (Å²) in [4.78, 5) is 37.0. The minimum atomic E-state index is -4.81. The Kier molecular flexibility index (Phi) is 7.65. The quantitative estimate of drug-likeness (QED) is 0.191. The standard InChI is InChI=1S/C32H29F4N5O5S/c1-6-20(43)39-12-17-13-47(45,46)30-23-29(25(35)22(26(30)36)21-19(42)8-7-18(33)24(21)34)41(28-15(4)9-10-37-27(28)14(2)3)32(44)38-31(23)40(17)11-16(39)5/h6-10,14,16-17,42H,1,11-13H2,2-5H3. The monoisotopic (exact) mass is 671 g/mol. The number of rotatable bonds is 4. The molecule has 2 aromatic carbocycles. The SMILES string of the molecule is C=CC(=O)N1CC2CS(=O)(=O)c3c(F)c(-c4c(O)ccc(F)c4F)c(F)c4c3c(nc(=O)n4-c3c(C)ccnc3C(C)C)N2CC1C. The molecule has 0 bridgehead atoms. The summed E-state index contributed by atoms with van der Waals surface area (Å²) in [5.41, 5.74) is -3.81. The number of phenolic OH excluding ortho intramolecular Hbond substituents is 1. The summed E-state index contributed by atoms with van der Waals surface area (Å²) >= 11 is 0. The van der Waals surface area contributed by atoms with Crippen LogP contribution in [0.1, 0.15) is 37.9 Å². The van der Waals surface area contributed by atoms with Crippen molar-refractivity contribution in [1.82, 2.24) is 19.4 Å². The molecule has 1 N–H and O–H groups in total. The van der Waals surface area contributed by atoms with E-state index >= 15 is 13.2 Å². The van der Waals surface area contributed by atoms with Gasteiger partial charge in [-0.05, 0) is 49.6 Å². The van der Waals surface area contributed by atoms with E-state index in [1.807, 2.05) is 0 Å². The highest BCUT2D eigenvalue weighted by Crippen LogP contribution is 2.47. The summed E-state index contributed by atoms with van der Waals surface area (Å²) in [6.45, 7) is 9.99. The Labute approximate surface area is 266 Å². The van der Waals surface area contributed by atoms with E-state index in [0.29, 0.717) is 17.7 Å². The number of carbonyl (C=O) groups is 1. The maximum atomic E-state index is 17.2. The Morgan fingerprint density at radius 3 is 2.45 bits per heavy atom. The van der Waals surface area contributed by atoms with Gasteiger partial charge >= 0.3 is 5.69 Å². The zero-order valence-electron chi connectivity index (χ0n) is 25.7. The molecule has 0 aliphatic carbocycles. The molecule has 2 aliphatic rings. The zero-order chi connectivity index (χ0) is 34.3. The van der Waals surface area contributed by atoms with Crippen molar-refractivity contribution in [3.63, 3.8) is 0 Å². The molecular weight excluding hydrogens is 642 g/mol. The molecule has 6 rings (SSSR count). The van der Waals surface area contributed by atoms with Gasteiger partial charge in [-0.2, -0.15) is 4.98 Å². The largest absolute Gasteiger partial charge is 0.507 e. The van der Waals surface area contributed by atoms with Gasteiger partial charge in [0.1, 0.15) is 16.5 Å². The third-order valence-electron chi connectivity index (χ3n) is 8.69. The van der Waals surface area contributed by atoms with Crippen molar-refractivity contribution in [3.05, 3.63) is 82.1 Å². The molecule has 2 aromatic heterocycles. The lowest BCUT2D eigenvalue weighted by atomic mass is 9.98. The number of sulfone groups is 1. The molecule has 1 fully saturated rings. The molecule has 246 valence electrons. The number of pyridine rings is 1. The molecular formula is C32H29F4N5O5S. The first-order valence-electron chi connectivity index (χ1n) is 14.6. The Balaban J connectivity index is 1.85. The number of amides is 1. The van der Waals surface area contributed by atoms with Crippen LogP contribution in [0.25, 0.3) is 27.7 Å². The van der Waals surface area contributed by atoms with Crippen LogP contribution in [0.4, 0.5) is 23.4 Å². The van der Waals surface area contributed by atoms with E-state index in [0.717, 1.165) is 10.6 Å². The van der Waals surface area contributed by atoms with Crippen LogP contribution < -0.4 is 10.6 Å². The van der Waals surface area contributed by atoms with Crippen molar-refractivity contribution >= 4 is 32.5 Å². The molecule has 1 amide bonds. The van der Waals surface area contributed by atoms with Crippen molar-refractivity contribution in [1.29, 1.82) is 0 Å². The van der Waals surface area contributed by atoms with Gasteiger partial charge in [-0.15, -0.1) is 0 Å². The topological polar surface area (TPSA) is 126 Å². The van der Waals surface area contributed by atoms with Crippen molar-refractivity contribution in [2.45, 2.75) is 50.6 Å². The van der Waals surface area contributed by atoms with Gasteiger partial charge < -0.3 is 14.9 Å². The molecule has 0 radical (unpaired) electrons. The number of aromatic nitrogens is 3. The Morgan fingerprint density at radius 2 is 1.79 bits per heavy atom. The Morgan fingerprint density at radius 1 is 1.09 bits per heavy atom. The van der Waals surface area contributed by atoms with Crippen LogP contribution in [0, 0.1) is 30.2 Å². The summed E-state index contributed by atoms with van der Waals surface area (Å²) in [5, 5.41) is 9.98. The molecule has 2 aliphatic heterocycles. The number of hydrogen-bond acceptors (Lipinski definition) is 8. The fourth-order valence-corrected chi connectivity index (χ4v) is 8.39. The van der Waals surface area contributed by atoms with Crippen LogP contribution in [-0.4, -0.2) is 69.8 Å². The van der Waals surface area contributed by atoms with E-state index in [9.17, 15) is 27.5 Å². The third-order valence-corrected chi connectivity index (χ3v) is 10.5. The maximum Gasteiger partial charge on any atom is 0.354 e. The average molecular weight is 672 g/mol. The summed E-state index contributed by atoms with van der Waals surface area (Å²) in [7, 11) is -4.81. The first-order valence-corrected chi connectivity index (χ1v) is 16.3. The van der Waals surface area contributed by atoms with Gasteiger partial charge in [-0.3, -0.25) is 14.3 Å². The average Bonchev–Trinajstić information content (AvgIpc) is 3.09. The van der Waals surface area contributed by atoms with Crippen molar-refractivity contribution in [3.8, 4) is 22.6 Å². The molecule has 10 nitrogen and oxygen atoms in total. The molecule has 0 saturated carbocycles. The van der Waals surface area contributed by atoms with Gasteiger partial charge in [0.05, 0.1) is 45.2 Å². The fraction of sp³-hybridized carbons (Fsp3) is 0.312. The van der Waals surface area contributed by atoms with Crippen LogP contribution in [0.15, 0.2) is 46.7 Å². The third kappa shape index (κ3) is 4.77. The molecule has 0 spiro atoms. The van der Waals surface area contributed by atoms with Crippen LogP contribution in [-0.2, 0) is 14.6 Å². The number of fused-ring (bicyclic) bond motifs is 2. The molecule has 47 heavy (non-hydrogen) atoms. The second kappa shape index (κ2) is 11.2.